The molecule has 0 radical (unpaired) electrons. The third kappa shape index (κ3) is 3.40. The predicted molar refractivity (Wildman–Crippen MR) is 103 cm³/mol. The van der Waals surface area contributed by atoms with E-state index in [9.17, 15) is 14.0 Å². The summed E-state index contributed by atoms with van der Waals surface area (Å²) in [7, 11) is 0. The lowest BCUT2D eigenvalue weighted by Crippen LogP contribution is -2.44. The van der Waals surface area contributed by atoms with Crippen LogP contribution in [0, 0.1) is 5.82 Å². The van der Waals surface area contributed by atoms with E-state index in [1.807, 2.05) is 23.1 Å². The van der Waals surface area contributed by atoms with Gasteiger partial charge in [-0.05, 0) is 35.8 Å². The summed E-state index contributed by atoms with van der Waals surface area (Å²) < 4.78 is 13.4. The fourth-order valence-electron chi connectivity index (χ4n) is 3.68. The second kappa shape index (κ2) is 7.25. The van der Waals surface area contributed by atoms with E-state index in [2.05, 4.69) is 18.2 Å². The van der Waals surface area contributed by atoms with Crippen LogP contribution in [-0.2, 0) is 9.59 Å². The van der Waals surface area contributed by atoms with Crippen LogP contribution < -0.4 is 4.90 Å². The first-order valence-corrected chi connectivity index (χ1v) is 9.23. The molecule has 0 bridgehead atoms. The van der Waals surface area contributed by atoms with E-state index in [-0.39, 0.29) is 23.3 Å². The molecule has 1 saturated heterocycles. The fraction of sp³-hybridized carbons (Fsp3) is 0.238. The third-order valence-corrected chi connectivity index (χ3v) is 5.40. The predicted octanol–water partition coefficient (Wildman–Crippen LogP) is 3.90. The second-order valence-electron chi connectivity index (χ2n) is 6.73. The molecular weight excluding hydrogens is 367 g/mol. The third-order valence-electron chi connectivity index (χ3n) is 5.11. The van der Waals surface area contributed by atoms with Gasteiger partial charge in [0.25, 0.3) is 5.91 Å². The minimum Gasteiger partial charge on any atom is -0.287 e. The summed E-state index contributed by atoms with van der Waals surface area (Å²) in [6.45, 7) is 1.33. The van der Waals surface area contributed by atoms with Crippen molar-refractivity contribution in [3.63, 3.8) is 0 Å². The number of imide groups is 1. The molecule has 4 rings (SSSR count). The number of carbonyl (C=O) groups excluding carboxylic acids is 2. The van der Waals surface area contributed by atoms with Gasteiger partial charge in [0.1, 0.15) is 5.82 Å². The second-order valence-corrected chi connectivity index (χ2v) is 7.13. The first kappa shape index (κ1) is 17.9. The van der Waals surface area contributed by atoms with E-state index in [1.54, 1.807) is 0 Å². The summed E-state index contributed by atoms with van der Waals surface area (Å²) >= 11 is 5.80. The molecule has 0 aromatic heterocycles. The van der Waals surface area contributed by atoms with Crippen molar-refractivity contribution in [1.29, 1.82) is 0 Å². The van der Waals surface area contributed by atoms with Crippen LogP contribution in [0.2, 0.25) is 5.02 Å². The van der Waals surface area contributed by atoms with Crippen molar-refractivity contribution < 1.29 is 14.0 Å². The highest BCUT2D eigenvalue weighted by Crippen LogP contribution is 2.31. The highest BCUT2D eigenvalue weighted by atomic mass is 35.5. The zero-order valence-corrected chi connectivity index (χ0v) is 15.3. The van der Waals surface area contributed by atoms with Gasteiger partial charge in [0.2, 0.25) is 5.91 Å². The fourth-order valence-corrected chi connectivity index (χ4v) is 3.85. The lowest BCUT2D eigenvalue weighted by Gasteiger charge is -2.30. The first-order chi connectivity index (χ1) is 13.0. The van der Waals surface area contributed by atoms with Crippen molar-refractivity contribution >= 4 is 34.7 Å². The molecule has 2 aromatic rings. The Balaban J connectivity index is 1.51. The number of anilines is 1. The number of hydrogen-bond donors (Lipinski definition) is 0. The van der Waals surface area contributed by atoms with Gasteiger partial charge < -0.3 is 0 Å². The van der Waals surface area contributed by atoms with Gasteiger partial charge in [-0.3, -0.25) is 14.5 Å². The quantitative estimate of drug-likeness (QED) is 0.753. The Morgan fingerprint density at radius 3 is 2.52 bits per heavy atom. The molecule has 2 amide bonds. The van der Waals surface area contributed by atoms with E-state index in [1.165, 1.54) is 29.3 Å². The van der Waals surface area contributed by atoms with Crippen LogP contribution in [0.15, 0.2) is 54.6 Å². The Bertz CT molecular complexity index is 929. The number of rotatable bonds is 3. The SMILES string of the molecule is O=C1C[C@H](N2CC=C(c3ccccc3)CC2)C(=O)N1c1ccc(F)c(Cl)c1. The molecule has 27 heavy (non-hydrogen) atoms. The zero-order valence-electron chi connectivity index (χ0n) is 14.6. The van der Waals surface area contributed by atoms with Crippen molar-refractivity contribution in [2.24, 2.45) is 0 Å². The van der Waals surface area contributed by atoms with E-state index < -0.39 is 11.9 Å². The molecule has 0 saturated carbocycles. The molecule has 0 aliphatic carbocycles. The van der Waals surface area contributed by atoms with Gasteiger partial charge in [0, 0.05) is 13.1 Å². The molecular formula is C21H18ClFN2O2. The highest BCUT2D eigenvalue weighted by molar-refractivity contribution is 6.31. The average molecular weight is 385 g/mol. The van der Waals surface area contributed by atoms with Gasteiger partial charge in [-0.2, -0.15) is 0 Å². The number of carbonyl (C=O) groups is 2. The number of nitrogens with zero attached hydrogens (tertiary/aromatic N) is 2. The summed E-state index contributed by atoms with van der Waals surface area (Å²) in [5.74, 6) is -1.14. The van der Waals surface area contributed by atoms with Gasteiger partial charge in [-0.25, -0.2) is 9.29 Å². The molecule has 2 aromatic carbocycles. The van der Waals surface area contributed by atoms with E-state index >= 15 is 0 Å². The minimum absolute atomic E-state index is 0.107. The molecule has 138 valence electrons. The molecule has 1 fully saturated rings. The van der Waals surface area contributed by atoms with Crippen molar-refractivity contribution in [3.8, 4) is 0 Å². The largest absolute Gasteiger partial charge is 0.287 e. The van der Waals surface area contributed by atoms with Crippen LogP contribution in [0.3, 0.4) is 0 Å². The zero-order chi connectivity index (χ0) is 19.0. The van der Waals surface area contributed by atoms with Gasteiger partial charge >= 0.3 is 0 Å². The summed E-state index contributed by atoms with van der Waals surface area (Å²) in [4.78, 5) is 28.5. The first-order valence-electron chi connectivity index (χ1n) is 8.85. The van der Waals surface area contributed by atoms with Crippen LogP contribution in [0.5, 0.6) is 0 Å². The Morgan fingerprint density at radius 1 is 1.07 bits per heavy atom. The van der Waals surface area contributed by atoms with Gasteiger partial charge in [0.05, 0.1) is 23.2 Å². The van der Waals surface area contributed by atoms with Crippen LogP contribution in [0.1, 0.15) is 18.4 Å². The smallest absolute Gasteiger partial charge is 0.251 e. The van der Waals surface area contributed by atoms with Crippen molar-refractivity contribution in [1.82, 2.24) is 4.90 Å². The van der Waals surface area contributed by atoms with E-state index in [0.29, 0.717) is 18.8 Å². The molecule has 0 spiro atoms. The van der Waals surface area contributed by atoms with Gasteiger partial charge in [-0.1, -0.05) is 48.0 Å². The lowest BCUT2D eigenvalue weighted by molar-refractivity contribution is -0.122. The maximum atomic E-state index is 13.4. The highest BCUT2D eigenvalue weighted by Gasteiger charge is 2.43. The Hall–Kier alpha value is -2.50. The molecule has 2 aliphatic heterocycles. The monoisotopic (exact) mass is 384 g/mol. The molecule has 0 unspecified atom stereocenters. The summed E-state index contributed by atoms with van der Waals surface area (Å²) in [5, 5.41) is -0.107. The van der Waals surface area contributed by atoms with Crippen LogP contribution in [0.25, 0.3) is 5.57 Å². The van der Waals surface area contributed by atoms with Gasteiger partial charge in [-0.15, -0.1) is 0 Å². The van der Waals surface area contributed by atoms with Crippen molar-refractivity contribution in [3.05, 3.63) is 71.0 Å². The molecule has 1 atom stereocenters. The molecule has 2 aliphatic rings. The molecule has 2 heterocycles. The average Bonchev–Trinajstić information content (AvgIpc) is 2.99. The Kier molecular flexibility index (Phi) is 4.81. The minimum atomic E-state index is -0.578. The Labute approximate surface area is 161 Å². The summed E-state index contributed by atoms with van der Waals surface area (Å²) in [5.41, 5.74) is 2.76. The van der Waals surface area contributed by atoms with Gasteiger partial charge in [0.15, 0.2) is 0 Å². The molecule has 4 nitrogen and oxygen atoms in total. The number of benzene rings is 2. The topological polar surface area (TPSA) is 40.6 Å². The lowest BCUT2D eigenvalue weighted by atomic mass is 9.98. The number of hydrogen-bond acceptors (Lipinski definition) is 3. The molecule has 0 N–H and O–H groups in total. The van der Waals surface area contributed by atoms with Crippen LogP contribution in [0.4, 0.5) is 10.1 Å². The summed E-state index contributed by atoms with van der Waals surface area (Å²) in [6.07, 6.45) is 3.07. The normalized spacial score (nSPS) is 20.9. The van der Waals surface area contributed by atoms with E-state index in [0.717, 1.165) is 11.3 Å². The van der Waals surface area contributed by atoms with E-state index in [4.69, 9.17) is 11.6 Å². The standard InChI is InChI=1S/C21H18ClFN2O2/c22-17-12-16(6-7-18(17)23)25-20(26)13-19(21(25)27)24-10-8-15(9-11-24)14-4-2-1-3-5-14/h1-8,12,19H,9-11,13H2/t19-/m0/s1. The number of halogens is 2. The Morgan fingerprint density at radius 2 is 1.85 bits per heavy atom. The van der Waals surface area contributed by atoms with Crippen molar-refractivity contribution in [2.45, 2.75) is 18.9 Å². The van der Waals surface area contributed by atoms with Crippen LogP contribution >= 0.6 is 11.6 Å². The summed E-state index contributed by atoms with van der Waals surface area (Å²) in [6, 6.07) is 13.6. The maximum absolute atomic E-state index is 13.4. The molecule has 6 heteroatoms. The maximum Gasteiger partial charge on any atom is 0.251 e. The van der Waals surface area contributed by atoms with Crippen molar-refractivity contribution in [2.75, 3.05) is 18.0 Å². The number of amides is 2. The van der Waals surface area contributed by atoms with Crippen LogP contribution in [-0.4, -0.2) is 35.8 Å².